The van der Waals surface area contributed by atoms with E-state index in [1.54, 1.807) is 71.6 Å². The first-order valence-corrected chi connectivity index (χ1v) is 10.1. The molecule has 1 amide bonds. The van der Waals surface area contributed by atoms with E-state index >= 15 is 0 Å². The van der Waals surface area contributed by atoms with Gasteiger partial charge in [-0.1, -0.05) is 0 Å². The predicted octanol–water partition coefficient (Wildman–Crippen LogP) is 3.62. The Morgan fingerprint density at radius 3 is 2.03 bits per heavy atom. The second-order valence-electron chi connectivity index (χ2n) is 6.24. The molecule has 1 saturated heterocycles. The number of carbonyl (C=O) groups is 1. The van der Waals surface area contributed by atoms with E-state index in [0.29, 0.717) is 40.9 Å². The molecular weight excluding hydrogens is 394 g/mol. The molecule has 0 bridgehead atoms. The molecule has 0 aromatic heterocycles. The molecule has 8 heteroatoms. The normalized spacial score (nSPS) is 15.8. The highest BCUT2D eigenvalue weighted by Crippen LogP contribution is 2.46. The van der Waals surface area contributed by atoms with Gasteiger partial charge in [0.2, 0.25) is 0 Å². The van der Waals surface area contributed by atoms with Crippen molar-refractivity contribution in [3.05, 3.63) is 41.5 Å². The molecule has 3 rings (SSSR count). The predicted molar refractivity (Wildman–Crippen MR) is 112 cm³/mol. The van der Waals surface area contributed by atoms with Crippen LogP contribution in [0.5, 0.6) is 28.7 Å². The molecular formula is C21H25NO6S. The van der Waals surface area contributed by atoms with E-state index in [4.69, 9.17) is 23.7 Å². The van der Waals surface area contributed by atoms with Gasteiger partial charge in [0, 0.05) is 29.5 Å². The number of benzene rings is 2. The van der Waals surface area contributed by atoms with Gasteiger partial charge in [0.1, 0.15) is 11.1 Å². The van der Waals surface area contributed by atoms with Crippen LogP contribution in [0, 0.1) is 0 Å². The van der Waals surface area contributed by atoms with E-state index in [0.717, 1.165) is 11.3 Å². The first-order chi connectivity index (χ1) is 14.1. The minimum absolute atomic E-state index is 0.0854. The van der Waals surface area contributed by atoms with Crippen molar-refractivity contribution < 1.29 is 28.5 Å². The number of ether oxygens (including phenoxy) is 5. The molecule has 0 spiro atoms. The summed E-state index contributed by atoms with van der Waals surface area (Å²) in [7, 11) is 7.88. The molecule has 1 atom stereocenters. The smallest absolute Gasteiger partial charge is 0.255 e. The first kappa shape index (κ1) is 21.0. The zero-order valence-corrected chi connectivity index (χ0v) is 18.0. The Kier molecular flexibility index (Phi) is 6.64. The average molecular weight is 419 g/mol. The molecule has 2 aromatic rings. The highest BCUT2D eigenvalue weighted by atomic mass is 32.2. The highest BCUT2D eigenvalue weighted by Gasteiger charge is 2.34. The SMILES string of the molecule is COc1ccc(C(=O)N2CCSC2c2cc(OC)c(OC)cc2OC)cc1OC. The van der Waals surface area contributed by atoms with Crippen molar-refractivity contribution in [3.8, 4) is 28.7 Å². The number of hydrogen-bond donors (Lipinski definition) is 0. The van der Waals surface area contributed by atoms with Gasteiger partial charge in [-0.25, -0.2) is 0 Å². The summed E-state index contributed by atoms with van der Waals surface area (Å²) >= 11 is 1.68. The number of methoxy groups -OCH3 is 5. The lowest BCUT2D eigenvalue weighted by Crippen LogP contribution is -2.30. The van der Waals surface area contributed by atoms with Crippen LogP contribution in [-0.2, 0) is 0 Å². The molecule has 0 aliphatic carbocycles. The lowest BCUT2D eigenvalue weighted by molar-refractivity contribution is 0.0758. The molecule has 156 valence electrons. The second kappa shape index (κ2) is 9.17. The third kappa shape index (κ3) is 4.03. The molecule has 1 aliphatic heterocycles. The van der Waals surface area contributed by atoms with Crippen LogP contribution in [0.15, 0.2) is 30.3 Å². The van der Waals surface area contributed by atoms with Gasteiger partial charge in [-0.05, 0) is 24.3 Å². The van der Waals surface area contributed by atoms with Crippen molar-refractivity contribution in [3.63, 3.8) is 0 Å². The van der Waals surface area contributed by atoms with Gasteiger partial charge >= 0.3 is 0 Å². The van der Waals surface area contributed by atoms with Crippen LogP contribution in [0.1, 0.15) is 21.3 Å². The number of amides is 1. The van der Waals surface area contributed by atoms with Crippen LogP contribution in [0.2, 0.25) is 0 Å². The van der Waals surface area contributed by atoms with E-state index in [2.05, 4.69) is 0 Å². The number of thioether (sulfide) groups is 1. The highest BCUT2D eigenvalue weighted by molar-refractivity contribution is 7.99. The summed E-state index contributed by atoms with van der Waals surface area (Å²) in [5, 5.41) is -0.203. The maximum Gasteiger partial charge on any atom is 0.255 e. The molecule has 1 unspecified atom stereocenters. The molecule has 0 N–H and O–H groups in total. The Hall–Kier alpha value is -2.74. The number of carbonyl (C=O) groups excluding carboxylic acids is 1. The summed E-state index contributed by atoms with van der Waals surface area (Å²) in [6, 6.07) is 8.84. The van der Waals surface area contributed by atoms with E-state index in [1.165, 1.54) is 0 Å². The van der Waals surface area contributed by atoms with E-state index < -0.39 is 0 Å². The van der Waals surface area contributed by atoms with Crippen molar-refractivity contribution in [1.29, 1.82) is 0 Å². The molecule has 1 heterocycles. The van der Waals surface area contributed by atoms with Gasteiger partial charge in [0.05, 0.1) is 35.5 Å². The largest absolute Gasteiger partial charge is 0.496 e. The standard InChI is InChI=1S/C21H25NO6S/c1-24-15-7-6-13(10-17(15)26-3)20(23)22-8-9-29-21(22)14-11-18(27-4)19(28-5)12-16(14)25-2/h6-7,10-12,21H,8-9H2,1-5H3. The van der Waals surface area contributed by atoms with Gasteiger partial charge in [-0.2, -0.15) is 0 Å². The summed E-state index contributed by atoms with van der Waals surface area (Å²) in [6.07, 6.45) is 0. The fourth-order valence-corrected chi connectivity index (χ4v) is 4.59. The number of hydrogen-bond acceptors (Lipinski definition) is 7. The third-order valence-corrected chi connectivity index (χ3v) is 6.03. The van der Waals surface area contributed by atoms with Crippen molar-refractivity contribution >= 4 is 17.7 Å². The minimum Gasteiger partial charge on any atom is -0.496 e. The van der Waals surface area contributed by atoms with E-state index in [1.807, 2.05) is 11.0 Å². The first-order valence-electron chi connectivity index (χ1n) is 9.02. The van der Waals surface area contributed by atoms with Crippen LogP contribution >= 0.6 is 11.8 Å². The summed E-state index contributed by atoms with van der Waals surface area (Å²) in [6.45, 7) is 0.625. The summed E-state index contributed by atoms with van der Waals surface area (Å²) in [4.78, 5) is 15.1. The van der Waals surface area contributed by atoms with Gasteiger partial charge < -0.3 is 28.6 Å². The Labute approximate surface area is 174 Å². The quantitative estimate of drug-likeness (QED) is 0.679. The average Bonchev–Trinajstić information content (AvgIpc) is 3.26. The molecule has 1 fully saturated rings. The van der Waals surface area contributed by atoms with Crippen LogP contribution in [0.4, 0.5) is 0 Å². The molecule has 2 aromatic carbocycles. The maximum absolute atomic E-state index is 13.3. The molecule has 29 heavy (non-hydrogen) atoms. The van der Waals surface area contributed by atoms with Crippen LogP contribution < -0.4 is 23.7 Å². The zero-order valence-electron chi connectivity index (χ0n) is 17.2. The van der Waals surface area contributed by atoms with Crippen LogP contribution in [-0.4, -0.2) is 58.7 Å². The Morgan fingerprint density at radius 1 is 0.828 bits per heavy atom. The Bertz CT molecular complexity index is 888. The summed E-state index contributed by atoms with van der Waals surface area (Å²) in [5.74, 6) is 3.65. The lowest BCUT2D eigenvalue weighted by Gasteiger charge is -2.26. The van der Waals surface area contributed by atoms with Crippen molar-refractivity contribution in [2.75, 3.05) is 47.8 Å². The zero-order chi connectivity index (χ0) is 21.0. The maximum atomic E-state index is 13.3. The Morgan fingerprint density at radius 2 is 1.41 bits per heavy atom. The minimum atomic E-state index is -0.203. The van der Waals surface area contributed by atoms with Crippen molar-refractivity contribution in [2.24, 2.45) is 0 Å². The second-order valence-corrected chi connectivity index (χ2v) is 7.43. The van der Waals surface area contributed by atoms with Gasteiger partial charge in [0.25, 0.3) is 5.91 Å². The van der Waals surface area contributed by atoms with Gasteiger partial charge in [-0.15, -0.1) is 11.8 Å². The molecule has 1 aliphatic rings. The number of rotatable bonds is 7. The van der Waals surface area contributed by atoms with E-state index in [9.17, 15) is 4.79 Å². The number of nitrogens with zero attached hydrogens (tertiary/aromatic N) is 1. The summed E-state index contributed by atoms with van der Waals surface area (Å²) in [5.41, 5.74) is 1.40. The van der Waals surface area contributed by atoms with E-state index in [-0.39, 0.29) is 11.3 Å². The summed E-state index contributed by atoms with van der Waals surface area (Å²) < 4.78 is 27.0. The fourth-order valence-electron chi connectivity index (χ4n) is 3.32. The fraction of sp³-hybridized carbons (Fsp3) is 0.381. The topological polar surface area (TPSA) is 66.5 Å². The van der Waals surface area contributed by atoms with Crippen LogP contribution in [0.3, 0.4) is 0 Å². The van der Waals surface area contributed by atoms with Gasteiger partial charge in [-0.3, -0.25) is 4.79 Å². The van der Waals surface area contributed by atoms with Gasteiger partial charge in [0.15, 0.2) is 23.0 Å². The molecule has 0 radical (unpaired) electrons. The van der Waals surface area contributed by atoms with Crippen molar-refractivity contribution in [1.82, 2.24) is 4.90 Å². The van der Waals surface area contributed by atoms with Crippen LogP contribution in [0.25, 0.3) is 0 Å². The molecule has 0 saturated carbocycles. The Balaban J connectivity index is 1.97. The third-order valence-electron chi connectivity index (χ3n) is 4.78. The monoisotopic (exact) mass is 419 g/mol. The lowest BCUT2D eigenvalue weighted by atomic mass is 10.1. The van der Waals surface area contributed by atoms with Crippen molar-refractivity contribution in [2.45, 2.75) is 5.37 Å². The molecule has 7 nitrogen and oxygen atoms in total.